The second kappa shape index (κ2) is 5.46. The van der Waals surface area contributed by atoms with Crippen LogP contribution >= 0.6 is 0 Å². The van der Waals surface area contributed by atoms with Crippen LogP contribution in [-0.4, -0.2) is 40.3 Å². The van der Waals surface area contributed by atoms with E-state index in [9.17, 15) is 9.59 Å². The summed E-state index contributed by atoms with van der Waals surface area (Å²) in [4.78, 5) is 22.6. The number of carboxylic acids is 1. The fourth-order valence-electron chi connectivity index (χ4n) is 2.29. The molecule has 0 heterocycles. The third kappa shape index (κ3) is 3.41. The highest BCUT2D eigenvalue weighted by Gasteiger charge is 2.39. The molecular formula is C11H20N2O4. The van der Waals surface area contributed by atoms with E-state index in [2.05, 4.69) is 5.32 Å². The van der Waals surface area contributed by atoms with Gasteiger partial charge in [0.25, 0.3) is 0 Å². The topological polar surface area (TPSA) is 113 Å². The maximum Gasteiger partial charge on any atom is 0.328 e. The maximum atomic E-state index is 11.9. The first-order chi connectivity index (χ1) is 7.89. The highest BCUT2D eigenvalue weighted by atomic mass is 16.4. The minimum Gasteiger partial charge on any atom is -0.480 e. The monoisotopic (exact) mass is 244 g/mol. The fourth-order valence-corrected chi connectivity index (χ4v) is 2.29. The number of aliphatic hydroxyl groups is 1. The molecule has 2 unspecified atom stereocenters. The van der Waals surface area contributed by atoms with Gasteiger partial charge in [-0.2, -0.15) is 0 Å². The minimum atomic E-state index is -1.28. The van der Waals surface area contributed by atoms with Crippen molar-refractivity contribution in [3.8, 4) is 0 Å². The molecule has 0 radical (unpaired) electrons. The van der Waals surface area contributed by atoms with E-state index in [0.29, 0.717) is 18.8 Å². The number of hydrogen-bond acceptors (Lipinski definition) is 4. The van der Waals surface area contributed by atoms with Crippen molar-refractivity contribution < 1.29 is 19.8 Å². The molecule has 1 rings (SSSR count). The molecule has 3 atom stereocenters. The summed E-state index contributed by atoms with van der Waals surface area (Å²) in [5.41, 5.74) is 5.01. The summed E-state index contributed by atoms with van der Waals surface area (Å²) in [5, 5.41) is 19.9. The van der Waals surface area contributed by atoms with Crippen molar-refractivity contribution in [1.82, 2.24) is 5.32 Å². The van der Waals surface area contributed by atoms with Gasteiger partial charge in [-0.05, 0) is 18.8 Å². The molecule has 98 valence electrons. The summed E-state index contributed by atoms with van der Waals surface area (Å²) in [6.45, 7) is 1.39. The zero-order valence-electron chi connectivity index (χ0n) is 9.98. The summed E-state index contributed by atoms with van der Waals surface area (Å²) >= 11 is 0. The third-order valence-corrected chi connectivity index (χ3v) is 3.27. The quantitative estimate of drug-likeness (QED) is 0.530. The smallest absolute Gasteiger partial charge is 0.328 e. The van der Waals surface area contributed by atoms with Crippen LogP contribution in [-0.2, 0) is 9.59 Å². The van der Waals surface area contributed by atoms with E-state index < -0.39 is 30.1 Å². The lowest BCUT2D eigenvalue weighted by atomic mass is 9.76. The van der Waals surface area contributed by atoms with Crippen LogP contribution in [0.5, 0.6) is 0 Å². The van der Waals surface area contributed by atoms with Crippen molar-refractivity contribution in [3.05, 3.63) is 0 Å². The van der Waals surface area contributed by atoms with Crippen LogP contribution in [0.15, 0.2) is 0 Å². The average Bonchev–Trinajstić information content (AvgIpc) is 2.24. The SMILES string of the molecule is CC1CCCC(N)(C(=O)N[C@H](CO)C(=O)O)C1. The highest BCUT2D eigenvalue weighted by molar-refractivity contribution is 5.90. The largest absolute Gasteiger partial charge is 0.480 e. The fraction of sp³-hybridized carbons (Fsp3) is 0.818. The van der Waals surface area contributed by atoms with Gasteiger partial charge in [-0.3, -0.25) is 4.79 Å². The molecule has 5 N–H and O–H groups in total. The Morgan fingerprint density at radius 1 is 1.59 bits per heavy atom. The van der Waals surface area contributed by atoms with Gasteiger partial charge in [0.2, 0.25) is 5.91 Å². The number of aliphatic carboxylic acids is 1. The molecule has 1 fully saturated rings. The predicted molar refractivity (Wildman–Crippen MR) is 61.2 cm³/mol. The molecule has 6 heteroatoms. The summed E-state index contributed by atoms with van der Waals surface area (Å²) in [6, 6.07) is -1.28. The predicted octanol–water partition coefficient (Wildman–Crippen LogP) is -0.544. The van der Waals surface area contributed by atoms with Crippen LogP contribution < -0.4 is 11.1 Å². The standard InChI is InChI=1S/C11H20N2O4/c1-7-3-2-4-11(12,5-7)10(17)13-8(6-14)9(15)16/h7-8,14H,2-6,12H2,1H3,(H,13,17)(H,15,16)/t7?,8-,11?/m1/s1. The lowest BCUT2D eigenvalue weighted by molar-refractivity contribution is -0.144. The van der Waals surface area contributed by atoms with E-state index in [-0.39, 0.29) is 0 Å². The Hall–Kier alpha value is -1.14. The second-order valence-electron chi connectivity index (χ2n) is 4.90. The van der Waals surface area contributed by atoms with E-state index in [1.807, 2.05) is 6.92 Å². The number of carbonyl (C=O) groups is 2. The lowest BCUT2D eigenvalue weighted by Gasteiger charge is -2.35. The number of nitrogens with two attached hydrogens (primary N) is 1. The van der Waals surface area contributed by atoms with Crippen molar-refractivity contribution >= 4 is 11.9 Å². The zero-order valence-corrected chi connectivity index (χ0v) is 9.98. The molecule has 1 aliphatic carbocycles. The first-order valence-electron chi connectivity index (χ1n) is 5.82. The van der Waals surface area contributed by atoms with Gasteiger partial charge < -0.3 is 21.3 Å². The first kappa shape index (κ1) is 13.9. The molecule has 0 spiro atoms. The number of hydrogen-bond donors (Lipinski definition) is 4. The van der Waals surface area contributed by atoms with Crippen LogP contribution in [0.1, 0.15) is 32.6 Å². The third-order valence-electron chi connectivity index (χ3n) is 3.27. The molecule has 0 saturated heterocycles. The zero-order chi connectivity index (χ0) is 13.1. The van der Waals surface area contributed by atoms with Crippen molar-refractivity contribution in [2.75, 3.05) is 6.61 Å². The minimum absolute atomic E-state index is 0.358. The Kier molecular flexibility index (Phi) is 4.47. The van der Waals surface area contributed by atoms with E-state index in [1.165, 1.54) is 0 Å². The molecule has 1 aliphatic rings. The van der Waals surface area contributed by atoms with E-state index in [0.717, 1.165) is 12.8 Å². The number of carboxylic acid groups (broad SMARTS) is 1. The number of aliphatic hydroxyl groups excluding tert-OH is 1. The Morgan fingerprint density at radius 3 is 2.71 bits per heavy atom. The molecule has 0 aromatic carbocycles. The van der Waals surface area contributed by atoms with Gasteiger partial charge in [-0.1, -0.05) is 19.8 Å². The van der Waals surface area contributed by atoms with Crippen LogP contribution in [0.2, 0.25) is 0 Å². The van der Waals surface area contributed by atoms with Crippen LogP contribution in [0.3, 0.4) is 0 Å². The lowest BCUT2D eigenvalue weighted by Crippen LogP contribution is -2.59. The Labute approximate surface area is 100 Å². The summed E-state index contributed by atoms with van der Waals surface area (Å²) in [5.74, 6) is -1.38. The number of carbonyl (C=O) groups excluding carboxylic acids is 1. The molecule has 1 amide bonds. The Morgan fingerprint density at radius 2 is 2.24 bits per heavy atom. The second-order valence-corrected chi connectivity index (χ2v) is 4.90. The van der Waals surface area contributed by atoms with Gasteiger partial charge in [-0.25, -0.2) is 4.79 Å². The van der Waals surface area contributed by atoms with Gasteiger partial charge in [-0.15, -0.1) is 0 Å². The molecule has 0 bridgehead atoms. The molecule has 0 aromatic rings. The van der Waals surface area contributed by atoms with Gasteiger partial charge in [0, 0.05) is 0 Å². The van der Waals surface area contributed by atoms with Crippen molar-refractivity contribution in [3.63, 3.8) is 0 Å². The van der Waals surface area contributed by atoms with Crippen molar-refractivity contribution in [2.45, 2.75) is 44.2 Å². The molecule has 0 aromatic heterocycles. The molecule has 1 saturated carbocycles. The molecule has 17 heavy (non-hydrogen) atoms. The maximum absolute atomic E-state index is 11.9. The molecule has 0 aliphatic heterocycles. The summed E-state index contributed by atoms with van der Waals surface area (Å²) < 4.78 is 0. The summed E-state index contributed by atoms with van der Waals surface area (Å²) in [6.07, 6.45) is 3.01. The van der Waals surface area contributed by atoms with Gasteiger partial charge in [0.1, 0.15) is 6.04 Å². The van der Waals surface area contributed by atoms with Gasteiger partial charge in [0.15, 0.2) is 0 Å². The number of amides is 1. The summed E-state index contributed by atoms with van der Waals surface area (Å²) in [7, 11) is 0. The van der Waals surface area contributed by atoms with E-state index >= 15 is 0 Å². The van der Waals surface area contributed by atoms with E-state index in [4.69, 9.17) is 15.9 Å². The van der Waals surface area contributed by atoms with Gasteiger partial charge >= 0.3 is 5.97 Å². The first-order valence-corrected chi connectivity index (χ1v) is 5.82. The van der Waals surface area contributed by atoms with Crippen molar-refractivity contribution in [2.24, 2.45) is 11.7 Å². The van der Waals surface area contributed by atoms with E-state index in [1.54, 1.807) is 0 Å². The molecular weight excluding hydrogens is 224 g/mol. The number of nitrogens with one attached hydrogen (secondary N) is 1. The van der Waals surface area contributed by atoms with Crippen molar-refractivity contribution in [1.29, 1.82) is 0 Å². The number of rotatable bonds is 4. The Bertz CT molecular complexity index is 308. The van der Waals surface area contributed by atoms with Crippen LogP contribution in [0, 0.1) is 5.92 Å². The Balaban J connectivity index is 2.65. The van der Waals surface area contributed by atoms with Crippen LogP contribution in [0.4, 0.5) is 0 Å². The highest BCUT2D eigenvalue weighted by Crippen LogP contribution is 2.30. The van der Waals surface area contributed by atoms with Crippen LogP contribution in [0.25, 0.3) is 0 Å². The molecule has 6 nitrogen and oxygen atoms in total. The average molecular weight is 244 g/mol. The van der Waals surface area contributed by atoms with Gasteiger partial charge in [0.05, 0.1) is 12.1 Å². The normalized spacial score (nSPS) is 30.6.